The Hall–Kier alpha value is -4.08. The third-order valence-corrected chi connectivity index (χ3v) is 3.84. The molecule has 0 atom stereocenters. The Labute approximate surface area is 174 Å². The lowest BCUT2D eigenvalue weighted by Crippen LogP contribution is -2.20. The molecule has 3 aromatic rings. The van der Waals surface area contributed by atoms with Gasteiger partial charge in [-0.15, -0.1) is 13.2 Å². The predicted octanol–water partition coefficient (Wildman–Crippen LogP) is 5.62. The molecule has 2 N–H and O–H groups in total. The number of urea groups is 1. The largest absolute Gasteiger partial charge is 0.573 e. The Bertz CT molecular complexity index is 1090. The molecule has 2 amide bonds. The molecule has 0 aliphatic rings. The maximum Gasteiger partial charge on any atom is 0.573 e. The number of nitrogens with one attached hydrogen (secondary N) is 2. The SMILES string of the molecule is CC(=O)c1ccccc1Oc1ncccc1NC(=O)Nc1ccc(OC(F)(F)F)cc1. The number of halogens is 3. The summed E-state index contributed by atoms with van der Waals surface area (Å²) in [7, 11) is 0. The summed E-state index contributed by atoms with van der Waals surface area (Å²) in [6.07, 6.45) is -3.35. The standard InChI is InChI=1S/C21H16F3N3O4/c1-13(28)16-5-2-3-7-18(16)30-19-17(6-4-12-25-19)27-20(29)26-14-8-10-15(11-9-14)31-21(22,23)24/h2-12H,1H3,(H2,26,27,29). The summed E-state index contributed by atoms with van der Waals surface area (Å²) < 4.78 is 46.2. The molecule has 0 saturated heterocycles. The number of hydrogen-bond acceptors (Lipinski definition) is 5. The van der Waals surface area contributed by atoms with Crippen LogP contribution in [0.4, 0.5) is 29.3 Å². The van der Waals surface area contributed by atoms with E-state index in [4.69, 9.17) is 4.74 Å². The van der Waals surface area contributed by atoms with Gasteiger partial charge in [-0.25, -0.2) is 9.78 Å². The van der Waals surface area contributed by atoms with Gasteiger partial charge in [0.05, 0.1) is 5.56 Å². The van der Waals surface area contributed by atoms with E-state index >= 15 is 0 Å². The molecule has 0 aliphatic heterocycles. The van der Waals surface area contributed by atoms with Crippen molar-refractivity contribution in [2.24, 2.45) is 0 Å². The number of benzene rings is 2. The van der Waals surface area contributed by atoms with E-state index in [0.29, 0.717) is 5.56 Å². The fourth-order valence-corrected chi connectivity index (χ4v) is 2.54. The van der Waals surface area contributed by atoms with Crippen molar-refractivity contribution < 1.29 is 32.2 Å². The molecule has 3 rings (SSSR count). The monoisotopic (exact) mass is 431 g/mol. The highest BCUT2D eigenvalue weighted by Crippen LogP contribution is 2.30. The molecule has 31 heavy (non-hydrogen) atoms. The second-order valence-corrected chi connectivity index (χ2v) is 6.16. The molecule has 0 aliphatic carbocycles. The summed E-state index contributed by atoms with van der Waals surface area (Å²) in [5.41, 5.74) is 0.806. The van der Waals surface area contributed by atoms with Gasteiger partial charge in [-0.2, -0.15) is 0 Å². The number of Topliss-reactive ketones (excluding diaryl/α,β-unsaturated/α-hetero) is 1. The molecule has 7 nitrogen and oxygen atoms in total. The van der Waals surface area contributed by atoms with Crippen LogP contribution < -0.4 is 20.1 Å². The highest BCUT2D eigenvalue weighted by molar-refractivity contribution is 6.00. The maximum absolute atomic E-state index is 12.3. The van der Waals surface area contributed by atoms with E-state index in [1.54, 1.807) is 36.4 Å². The van der Waals surface area contributed by atoms with Crippen LogP contribution in [-0.2, 0) is 0 Å². The van der Waals surface area contributed by atoms with Crippen LogP contribution in [0.1, 0.15) is 17.3 Å². The first-order valence-electron chi connectivity index (χ1n) is 8.88. The molecule has 0 radical (unpaired) electrons. The van der Waals surface area contributed by atoms with Gasteiger partial charge in [-0.1, -0.05) is 12.1 Å². The molecule has 1 heterocycles. The number of rotatable bonds is 6. The normalized spacial score (nSPS) is 10.8. The summed E-state index contributed by atoms with van der Waals surface area (Å²) in [5, 5.41) is 5.02. The van der Waals surface area contributed by atoms with E-state index in [-0.39, 0.29) is 28.8 Å². The highest BCUT2D eigenvalue weighted by Gasteiger charge is 2.31. The van der Waals surface area contributed by atoms with Gasteiger partial charge in [0.2, 0.25) is 5.88 Å². The van der Waals surface area contributed by atoms with Gasteiger partial charge in [-0.3, -0.25) is 4.79 Å². The smallest absolute Gasteiger partial charge is 0.436 e. The lowest BCUT2D eigenvalue weighted by atomic mass is 10.1. The first kappa shape index (κ1) is 21.6. The number of anilines is 2. The van der Waals surface area contributed by atoms with Gasteiger partial charge in [0.25, 0.3) is 0 Å². The molecule has 0 saturated carbocycles. The summed E-state index contributed by atoms with van der Waals surface area (Å²) in [5.74, 6) is -0.278. The first-order chi connectivity index (χ1) is 14.7. The van der Waals surface area contributed by atoms with Crippen molar-refractivity contribution in [2.45, 2.75) is 13.3 Å². The van der Waals surface area contributed by atoms with Gasteiger partial charge >= 0.3 is 12.4 Å². The number of hydrogen-bond donors (Lipinski definition) is 2. The third kappa shape index (κ3) is 6.20. The first-order valence-corrected chi connectivity index (χ1v) is 8.88. The van der Waals surface area contributed by atoms with Crippen LogP contribution in [-0.4, -0.2) is 23.2 Å². The van der Waals surface area contributed by atoms with Crippen LogP contribution in [0.3, 0.4) is 0 Å². The van der Waals surface area contributed by atoms with Crippen LogP contribution in [0.2, 0.25) is 0 Å². The summed E-state index contributed by atoms with van der Waals surface area (Å²) in [4.78, 5) is 28.2. The van der Waals surface area contributed by atoms with Crippen molar-refractivity contribution in [3.8, 4) is 17.4 Å². The predicted molar refractivity (Wildman–Crippen MR) is 107 cm³/mol. The zero-order valence-corrected chi connectivity index (χ0v) is 16.1. The molecule has 0 fully saturated rings. The van der Waals surface area contributed by atoms with Crippen molar-refractivity contribution in [3.05, 3.63) is 72.4 Å². The molecule has 10 heteroatoms. The van der Waals surface area contributed by atoms with Crippen LogP contribution in [0.5, 0.6) is 17.4 Å². The number of carbonyl (C=O) groups is 2. The van der Waals surface area contributed by atoms with Crippen molar-refractivity contribution in [2.75, 3.05) is 10.6 Å². The molecule has 0 bridgehead atoms. The Morgan fingerprint density at radius 3 is 2.32 bits per heavy atom. The number of para-hydroxylation sites is 1. The number of carbonyl (C=O) groups excluding carboxylic acids is 2. The Morgan fingerprint density at radius 2 is 1.65 bits per heavy atom. The molecule has 0 spiro atoms. The lowest BCUT2D eigenvalue weighted by molar-refractivity contribution is -0.274. The van der Waals surface area contributed by atoms with E-state index in [1.807, 2.05) is 0 Å². The van der Waals surface area contributed by atoms with Crippen molar-refractivity contribution in [1.82, 2.24) is 4.98 Å². The number of ether oxygens (including phenoxy) is 2. The van der Waals surface area contributed by atoms with E-state index in [2.05, 4.69) is 20.4 Å². The fraction of sp³-hybridized carbons (Fsp3) is 0.0952. The van der Waals surface area contributed by atoms with Gasteiger partial charge in [0, 0.05) is 11.9 Å². The van der Waals surface area contributed by atoms with E-state index in [1.165, 1.54) is 25.3 Å². The average molecular weight is 431 g/mol. The zero-order chi connectivity index (χ0) is 22.4. The van der Waals surface area contributed by atoms with E-state index in [0.717, 1.165) is 12.1 Å². The molecule has 2 aromatic carbocycles. The quantitative estimate of drug-likeness (QED) is 0.495. The molecule has 160 valence electrons. The molecule has 0 unspecified atom stereocenters. The van der Waals surface area contributed by atoms with Crippen molar-refractivity contribution in [1.29, 1.82) is 0 Å². The number of nitrogens with zero attached hydrogens (tertiary/aromatic N) is 1. The number of aromatic nitrogens is 1. The maximum atomic E-state index is 12.3. The minimum Gasteiger partial charge on any atom is -0.436 e. The second-order valence-electron chi connectivity index (χ2n) is 6.16. The number of pyridine rings is 1. The highest BCUT2D eigenvalue weighted by atomic mass is 19.4. The second kappa shape index (κ2) is 9.16. The van der Waals surface area contributed by atoms with Crippen LogP contribution in [0, 0.1) is 0 Å². The Balaban J connectivity index is 1.70. The van der Waals surface area contributed by atoms with E-state index in [9.17, 15) is 22.8 Å². The van der Waals surface area contributed by atoms with Gasteiger partial charge < -0.3 is 20.1 Å². The number of alkyl halides is 3. The topological polar surface area (TPSA) is 89.5 Å². The van der Waals surface area contributed by atoms with Crippen molar-refractivity contribution >= 4 is 23.2 Å². The van der Waals surface area contributed by atoms with Gasteiger partial charge in [-0.05, 0) is 55.5 Å². The Morgan fingerprint density at radius 1 is 0.935 bits per heavy atom. The summed E-state index contributed by atoms with van der Waals surface area (Å²) >= 11 is 0. The minimum atomic E-state index is -4.80. The van der Waals surface area contributed by atoms with Gasteiger partial charge in [0.15, 0.2) is 5.78 Å². The zero-order valence-electron chi connectivity index (χ0n) is 16.1. The average Bonchev–Trinajstić information content (AvgIpc) is 2.70. The Kier molecular flexibility index (Phi) is 6.39. The van der Waals surface area contributed by atoms with Gasteiger partial charge in [0.1, 0.15) is 17.2 Å². The molecular weight excluding hydrogens is 415 g/mol. The fourth-order valence-electron chi connectivity index (χ4n) is 2.54. The molecule has 1 aromatic heterocycles. The minimum absolute atomic E-state index is 0.0558. The van der Waals surface area contributed by atoms with Crippen LogP contribution >= 0.6 is 0 Å². The summed E-state index contributed by atoms with van der Waals surface area (Å²) in [6.45, 7) is 1.40. The van der Waals surface area contributed by atoms with Crippen molar-refractivity contribution in [3.63, 3.8) is 0 Å². The third-order valence-electron chi connectivity index (χ3n) is 3.84. The van der Waals surface area contributed by atoms with E-state index < -0.39 is 18.1 Å². The summed E-state index contributed by atoms with van der Waals surface area (Å²) in [6, 6.07) is 13.7. The molecular formula is C21H16F3N3O4. The van der Waals surface area contributed by atoms with Crippen LogP contribution in [0.25, 0.3) is 0 Å². The lowest BCUT2D eigenvalue weighted by Gasteiger charge is -2.13. The van der Waals surface area contributed by atoms with Crippen LogP contribution in [0.15, 0.2) is 66.9 Å². The number of amides is 2. The number of ketones is 1.